The van der Waals surface area contributed by atoms with E-state index in [0.717, 1.165) is 31.6 Å². The molecule has 1 aromatic rings. The molecule has 0 spiro atoms. The second-order valence-electron chi connectivity index (χ2n) is 5.04. The SMILES string of the molecule is CCCCN(C)CC(=O)NCCc1cccc(OC)c1. The Hall–Kier alpha value is -1.55. The van der Waals surface area contributed by atoms with Crippen LogP contribution in [0, 0.1) is 0 Å². The fourth-order valence-electron chi connectivity index (χ4n) is 1.98. The zero-order valence-corrected chi connectivity index (χ0v) is 12.8. The smallest absolute Gasteiger partial charge is 0.234 e. The van der Waals surface area contributed by atoms with E-state index < -0.39 is 0 Å². The third-order valence-corrected chi connectivity index (χ3v) is 3.18. The van der Waals surface area contributed by atoms with Gasteiger partial charge in [0.1, 0.15) is 5.75 Å². The largest absolute Gasteiger partial charge is 0.497 e. The van der Waals surface area contributed by atoms with E-state index in [0.29, 0.717) is 13.1 Å². The average molecular weight is 278 g/mol. The Morgan fingerprint density at radius 1 is 1.40 bits per heavy atom. The highest BCUT2D eigenvalue weighted by Gasteiger charge is 2.05. The van der Waals surface area contributed by atoms with Crippen molar-refractivity contribution in [2.45, 2.75) is 26.2 Å². The summed E-state index contributed by atoms with van der Waals surface area (Å²) >= 11 is 0. The maximum absolute atomic E-state index is 11.8. The van der Waals surface area contributed by atoms with Gasteiger partial charge < -0.3 is 10.1 Å². The first kappa shape index (κ1) is 16.5. The van der Waals surface area contributed by atoms with Gasteiger partial charge in [-0.25, -0.2) is 0 Å². The molecule has 1 rings (SSSR count). The van der Waals surface area contributed by atoms with E-state index in [4.69, 9.17) is 4.74 Å². The molecular weight excluding hydrogens is 252 g/mol. The van der Waals surface area contributed by atoms with Crippen molar-refractivity contribution in [2.75, 3.05) is 33.8 Å². The number of hydrogen-bond donors (Lipinski definition) is 1. The molecule has 0 radical (unpaired) electrons. The number of benzene rings is 1. The lowest BCUT2D eigenvalue weighted by Gasteiger charge is -2.15. The van der Waals surface area contributed by atoms with E-state index in [2.05, 4.69) is 17.1 Å². The topological polar surface area (TPSA) is 41.6 Å². The van der Waals surface area contributed by atoms with Gasteiger partial charge in [0, 0.05) is 6.54 Å². The first-order valence-electron chi connectivity index (χ1n) is 7.24. The number of unbranched alkanes of at least 4 members (excludes halogenated alkanes) is 1. The van der Waals surface area contributed by atoms with Crippen molar-refractivity contribution < 1.29 is 9.53 Å². The molecular formula is C16H26N2O2. The molecule has 112 valence electrons. The van der Waals surface area contributed by atoms with E-state index in [1.165, 1.54) is 5.56 Å². The van der Waals surface area contributed by atoms with Crippen LogP contribution < -0.4 is 10.1 Å². The third kappa shape index (κ3) is 6.57. The zero-order chi connectivity index (χ0) is 14.8. The molecule has 0 aromatic heterocycles. The number of methoxy groups -OCH3 is 1. The summed E-state index contributed by atoms with van der Waals surface area (Å²) in [7, 11) is 3.64. The van der Waals surface area contributed by atoms with Crippen molar-refractivity contribution in [3.8, 4) is 5.75 Å². The van der Waals surface area contributed by atoms with Crippen molar-refractivity contribution in [3.63, 3.8) is 0 Å². The minimum Gasteiger partial charge on any atom is -0.497 e. The Labute approximate surface area is 122 Å². The Bertz CT molecular complexity index is 407. The molecule has 0 atom stereocenters. The quantitative estimate of drug-likeness (QED) is 0.752. The number of ether oxygens (including phenoxy) is 1. The molecule has 0 aliphatic rings. The lowest BCUT2D eigenvalue weighted by atomic mass is 10.1. The van der Waals surface area contributed by atoms with Crippen LogP contribution in [-0.4, -0.2) is 44.6 Å². The number of nitrogens with one attached hydrogen (secondary N) is 1. The lowest BCUT2D eigenvalue weighted by Crippen LogP contribution is -2.36. The maximum Gasteiger partial charge on any atom is 0.234 e. The molecule has 4 heteroatoms. The van der Waals surface area contributed by atoms with E-state index >= 15 is 0 Å². The average Bonchev–Trinajstić information content (AvgIpc) is 2.45. The molecule has 0 saturated carbocycles. The Balaban J connectivity index is 2.24. The molecule has 1 aromatic carbocycles. The van der Waals surface area contributed by atoms with Gasteiger partial charge in [0.05, 0.1) is 13.7 Å². The van der Waals surface area contributed by atoms with Gasteiger partial charge in [-0.3, -0.25) is 9.69 Å². The van der Waals surface area contributed by atoms with Crippen molar-refractivity contribution in [2.24, 2.45) is 0 Å². The first-order valence-corrected chi connectivity index (χ1v) is 7.24. The van der Waals surface area contributed by atoms with Gasteiger partial charge in [-0.05, 0) is 44.1 Å². The van der Waals surface area contributed by atoms with E-state index in [-0.39, 0.29) is 5.91 Å². The van der Waals surface area contributed by atoms with Crippen molar-refractivity contribution in [3.05, 3.63) is 29.8 Å². The van der Waals surface area contributed by atoms with Crippen molar-refractivity contribution >= 4 is 5.91 Å². The number of carbonyl (C=O) groups excluding carboxylic acids is 1. The minimum absolute atomic E-state index is 0.0894. The summed E-state index contributed by atoms with van der Waals surface area (Å²) in [6, 6.07) is 7.93. The van der Waals surface area contributed by atoms with Gasteiger partial charge in [-0.2, -0.15) is 0 Å². The summed E-state index contributed by atoms with van der Waals surface area (Å²) in [6.45, 7) is 4.26. The fraction of sp³-hybridized carbons (Fsp3) is 0.562. The molecule has 20 heavy (non-hydrogen) atoms. The van der Waals surface area contributed by atoms with Gasteiger partial charge in [0.2, 0.25) is 5.91 Å². The highest BCUT2D eigenvalue weighted by Crippen LogP contribution is 2.12. The Morgan fingerprint density at radius 3 is 2.90 bits per heavy atom. The van der Waals surface area contributed by atoms with Crippen LogP contribution in [0.25, 0.3) is 0 Å². The van der Waals surface area contributed by atoms with E-state index in [1.54, 1.807) is 7.11 Å². The van der Waals surface area contributed by atoms with Crippen LogP contribution in [-0.2, 0) is 11.2 Å². The van der Waals surface area contributed by atoms with Gasteiger partial charge in [0.15, 0.2) is 0 Å². The van der Waals surface area contributed by atoms with Crippen LogP contribution in [0.1, 0.15) is 25.3 Å². The number of rotatable bonds is 9. The number of nitrogens with zero attached hydrogens (tertiary/aromatic N) is 1. The van der Waals surface area contributed by atoms with Crippen LogP contribution in [0.15, 0.2) is 24.3 Å². The van der Waals surface area contributed by atoms with Crippen LogP contribution in [0.4, 0.5) is 0 Å². The fourth-order valence-corrected chi connectivity index (χ4v) is 1.98. The normalized spacial score (nSPS) is 10.6. The second kappa shape index (κ2) is 9.37. The van der Waals surface area contributed by atoms with Crippen LogP contribution in [0.2, 0.25) is 0 Å². The van der Waals surface area contributed by atoms with Crippen LogP contribution >= 0.6 is 0 Å². The molecule has 0 saturated heterocycles. The standard InChI is InChI=1S/C16H26N2O2/c1-4-5-11-18(2)13-16(19)17-10-9-14-7-6-8-15(12-14)20-3/h6-8,12H,4-5,9-11,13H2,1-3H3,(H,17,19). The molecule has 1 N–H and O–H groups in total. The Kier molecular flexibility index (Phi) is 7.73. The molecule has 0 heterocycles. The molecule has 1 amide bonds. The Morgan fingerprint density at radius 2 is 2.20 bits per heavy atom. The summed E-state index contributed by atoms with van der Waals surface area (Å²) in [6.07, 6.45) is 3.11. The van der Waals surface area contributed by atoms with Gasteiger partial charge in [-0.1, -0.05) is 25.5 Å². The monoisotopic (exact) mass is 278 g/mol. The van der Waals surface area contributed by atoms with Gasteiger partial charge in [-0.15, -0.1) is 0 Å². The summed E-state index contributed by atoms with van der Waals surface area (Å²) in [5.41, 5.74) is 1.17. The van der Waals surface area contributed by atoms with Crippen LogP contribution in [0.3, 0.4) is 0 Å². The summed E-state index contributed by atoms with van der Waals surface area (Å²) in [5.74, 6) is 0.944. The third-order valence-electron chi connectivity index (χ3n) is 3.18. The molecule has 0 fully saturated rings. The summed E-state index contributed by atoms with van der Waals surface area (Å²) in [4.78, 5) is 13.8. The van der Waals surface area contributed by atoms with E-state index in [1.807, 2.05) is 31.3 Å². The zero-order valence-electron chi connectivity index (χ0n) is 12.8. The van der Waals surface area contributed by atoms with Crippen molar-refractivity contribution in [1.29, 1.82) is 0 Å². The number of hydrogen-bond acceptors (Lipinski definition) is 3. The van der Waals surface area contributed by atoms with Gasteiger partial charge in [0.25, 0.3) is 0 Å². The van der Waals surface area contributed by atoms with Crippen LogP contribution in [0.5, 0.6) is 5.75 Å². The first-order chi connectivity index (χ1) is 9.65. The van der Waals surface area contributed by atoms with Gasteiger partial charge >= 0.3 is 0 Å². The minimum atomic E-state index is 0.0894. The molecule has 0 aliphatic carbocycles. The number of likely N-dealkylation sites (N-methyl/N-ethyl adjacent to an activating group) is 1. The summed E-state index contributed by atoms with van der Waals surface area (Å²) < 4.78 is 5.18. The number of carbonyl (C=O) groups is 1. The molecule has 0 aliphatic heterocycles. The lowest BCUT2D eigenvalue weighted by molar-refractivity contribution is -0.121. The summed E-state index contributed by atoms with van der Waals surface area (Å²) in [5, 5.41) is 2.95. The maximum atomic E-state index is 11.8. The molecule has 0 bridgehead atoms. The van der Waals surface area contributed by atoms with E-state index in [9.17, 15) is 4.79 Å². The predicted octanol–water partition coefficient (Wildman–Crippen LogP) is 2.09. The second-order valence-corrected chi connectivity index (χ2v) is 5.04. The molecule has 4 nitrogen and oxygen atoms in total. The highest BCUT2D eigenvalue weighted by molar-refractivity contribution is 5.77. The number of amides is 1. The molecule has 0 unspecified atom stereocenters. The highest BCUT2D eigenvalue weighted by atomic mass is 16.5. The van der Waals surface area contributed by atoms with Crippen molar-refractivity contribution in [1.82, 2.24) is 10.2 Å². The predicted molar refractivity (Wildman–Crippen MR) is 82.1 cm³/mol.